The number of hydrogen-bond donors (Lipinski definition) is 1. The van der Waals surface area contributed by atoms with Crippen molar-refractivity contribution < 1.29 is 9.84 Å². The summed E-state index contributed by atoms with van der Waals surface area (Å²) in [4.78, 5) is 0. The quantitative estimate of drug-likeness (QED) is 0.617. The molecule has 0 radical (unpaired) electrons. The van der Waals surface area contributed by atoms with Gasteiger partial charge in [0.25, 0.3) is 0 Å². The lowest BCUT2D eigenvalue weighted by Crippen LogP contribution is -2.09. The molecule has 0 heterocycles. The molecule has 0 saturated heterocycles. The van der Waals surface area contributed by atoms with E-state index in [2.05, 4.69) is 6.92 Å². The van der Waals surface area contributed by atoms with E-state index in [0.29, 0.717) is 6.10 Å². The molecule has 11 heavy (non-hydrogen) atoms. The highest BCUT2D eigenvalue weighted by atomic mass is 16.5. The van der Waals surface area contributed by atoms with E-state index in [0.717, 1.165) is 12.8 Å². The molecule has 0 fully saturated rings. The summed E-state index contributed by atoms with van der Waals surface area (Å²) in [6.07, 6.45) is 4.07. The van der Waals surface area contributed by atoms with E-state index in [9.17, 15) is 0 Å². The molecule has 0 aromatic carbocycles. The Labute approximate surface area is 68.9 Å². The van der Waals surface area contributed by atoms with Gasteiger partial charge in [0.05, 0.1) is 12.7 Å². The smallest absolute Gasteiger partial charge is 0.0614 e. The number of rotatable bonds is 5. The van der Waals surface area contributed by atoms with Crippen LogP contribution < -0.4 is 0 Å². The zero-order valence-corrected chi connectivity index (χ0v) is 7.63. The molecule has 0 aromatic heterocycles. The van der Waals surface area contributed by atoms with Gasteiger partial charge < -0.3 is 9.84 Å². The Kier molecular flexibility index (Phi) is 6.18. The fraction of sp³-hybridized carbons (Fsp3) is 0.778. The number of methoxy groups -OCH3 is 1. The molecule has 2 heteroatoms. The van der Waals surface area contributed by atoms with Crippen LogP contribution in [0.2, 0.25) is 0 Å². The summed E-state index contributed by atoms with van der Waals surface area (Å²) < 4.78 is 5.19. The summed E-state index contributed by atoms with van der Waals surface area (Å²) >= 11 is 0. The predicted molar refractivity (Wildman–Crippen MR) is 46.5 cm³/mol. The van der Waals surface area contributed by atoms with Crippen molar-refractivity contribution in [3.63, 3.8) is 0 Å². The maximum Gasteiger partial charge on any atom is 0.0614 e. The molecular weight excluding hydrogens is 140 g/mol. The van der Waals surface area contributed by atoms with E-state index < -0.39 is 0 Å². The molecule has 0 aliphatic heterocycles. The zero-order valence-electron chi connectivity index (χ0n) is 7.63. The zero-order chi connectivity index (χ0) is 8.69. The van der Waals surface area contributed by atoms with E-state index in [4.69, 9.17) is 9.84 Å². The van der Waals surface area contributed by atoms with E-state index in [1.54, 1.807) is 7.11 Å². The highest BCUT2D eigenvalue weighted by molar-refractivity contribution is 4.99. The molecule has 0 bridgehead atoms. The van der Waals surface area contributed by atoms with E-state index in [1.165, 1.54) is 5.57 Å². The normalized spacial score (nSPS) is 15.1. The van der Waals surface area contributed by atoms with Crippen molar-refractivity contribution in [3.05, 3.63) is 11.6 Å². The third kappa shape index (κ3) is 4.99. The van der Waals surface area contributed by atoms with Crippen molar-refractivity contribution in [2.45, 2.75) is 32.8 Å². The Morgan fingerprint density at radius 1 is 1.64 bits per heavy atom. The fourth-order valence-corrected chi connectivity index (χ4v) is 0.993. The first-order valence-corrected chi connectivity index (χ1v) is 4.03. The Morgan fingerprint density at radius 3 is 2.64 bits per heavy atom. The van der Waals surface area contributed by atoms with Gasteiger partial charge in [-0.3, -0.25) is 0 Å². The number of ether oxygens (including phenoxy) is 1. The number of aliphatic hydroxyl groups is 1. The van der Waals surface area contributed by atoms with Crippen molar-refractivity contribution in [2.75, 3.05) is 13.7 Å². The van der Waals surface area contributed by atoms with Crippen molar-refractivity contribution in [1.29, 1.82) is 0 Å². The van der Waals surface area contributed by atoms with Gasteiger partial charge in [0.15, 0.2) is 0 Å². The van der Waals surface area contributed by atoms with Gasteiger partial charge in [0.2, 0.25) is 0 Å². The topological polar surface area (TPSA) is 29.5 Å². The molecule has 1 unspecified atom stereocenters. The highest BCUT2D eigenvalue weighted by Gasteiger charge is 2.03. The Bertz CT molecular complexity index is 115. The summed E-state index contributed by atoms with van der Waals surface area (Å²) in [5.74, 6) is 0. The SMILES string of the molecule is CCC(CC(C)=CCO)OC. The first-order valence-electron chi connectivity index (χ1n) is 4.03. The van der Waals surface area contributed by atoms with Gasteiger partial charge in [-0.1, -0.05) is 18.6 Å². The van der Waals surface area contributed by atoms with Gasteiger partial charge >= 0.3 is 0 Å². The van der Waals surface area contributed by atoms with Gasteiger partial charge in [-0.05, 0) is 19.8 Å². The van der Waals surface area contributed by atoms with Gasteiger partial charge in [-0.2, -0.15) is 0 Å². The van der Waals surface area contributed by atoms with Gasteiger partial charge in [0, 0.05) is 7.11 Å². The molecule has 2 nitrogen and oxygen atoms in total. The lowest BCUT2D eigenvalue weighted by Gasteiger charge is -2.12. The van der Waals surface area contributed by atoms with Crippen LogP contribution >= 0.6 is 0 Å². The fourth-order valence-electron chi connectivity index (χ4n) is 0.993. The Morgan fingerprint density at radius 2 is 2.27 bits per heavy atom. The lowest BCUT2D eigenvalue weighted by atomic mass is 10.1. The average Bonchev–Trinajstić information content (AvgIpc) is 2.01. The Hall–Kier alpha value is -0.340. The first-order chi connectivity index (χ1) is 5.24. The predicted octanol–water partition coefficient (Wildman–Crippen LogP) is 1.74. The van der Waals surface area contributed by atoms with Crippen molar-refractivity contribution in [3.8, 4) is 0 Å². The molecule has 0 aliphatic carbocycles. The van der Waals surface area contributed by atoms with Gasteiger partial charge in [0.1, 0.15) is 0 Å². The minimum Gasteiger partial charge on any atom is -0.392 e. The second kappa shape index (κ2) is 6.38. The molecule has 1 N–H and O–H groups in total. The van der Waals surface area contributed by atoms with Gasteiger partial charge in [-0.15, -0.1) is 0 Å². The Balaban J connectivity index is 3.71. The van der Waals surface area contributed by atoms with Crippen LogP contribution in [0.25, 0.3) is 0 Å². The standard InChI is InChI=1S/C9H18O2/c1-4-9(11-3)7-8(2)5-6-10/h5,9-10H,4,6-7H2,1-3H3. The van der Waals surface area contributed by atoms with Crippen LogP contribution in [0.4, 0.5) is 0 Å². The summed E-state index contributed by atoms with van der Waals surface area (Å²) in [6.45, 7) is 4.24. The summed E-state index contributed by atoms with van der Waals surface area (Å²) in [5, 5.41) is 8.58. The molecule has 0 rings (SSSR count). The second-order valence-electron chi connectivity index (χ2n) is 2.70. The van der Waals surface area contributed by atoms with Crippen LogP contribution in [-0.4, -0.2) is 24.9 Å². The molecule has 0 amide bonds. The molecule has 0 aliphatic rings. The van der Waals surface area contributed by atoms with Crippen LogP contribution in [0.1, 0.15) is 26.7 Å². The summed E-state index contributed by atoms with van der Waals surface area (Å²) in [5.41, 5.74) is 1.20. The van der Waals surface area contributed by atoms with Crippen LogP contribution in [0.3, 0.4) is 0 Å². The number of hydrogen-bond acceptors (Lipinski definition) is 2. The first kappa shape index (κ1) is 10.7. The van der Waals surface area contributed by atoms with E-state index in [1.807, 2.05) is 13.0 Å². The van der Waals surface area contributed by atoms with Crippen LogP contribution in [0.15, 0.2) is 11.6 Å². The van der Waals surface area contributed by atoms with Crippen molar-refractivity contribution in [2.24, 2.45) is 0 Å². The van der Waals surface area contributed by atoms with Crippen molar-refractivity contribution >= 4 is 0 Å². The third-order valence-electron chi connectivity index (χ3n) is 1.78. The summed E-state index contributed by atoms with van der Waals surface area (Å²) in [7, 11) is 1.72. The van der Waals surface area contributed by atoms with E-state index >= 15 is 0 Å². The lowest BCUT2D eigenvalue weighted by molar-refractivity contribution is 0.0996. The van der Waals surface area contributed by atoms with Crippen LogP contribution in [-0.2, 0) is 4.74 Å². The molecule has 66 valence electrons. The molecule has 0 spiro atoms. The highest BCUT2D eigenvalue weighted by Crippen LogP contribution is 2.09. The average molecular weight is 158 g/mol. The minimum atomic E-state index is 0.131. The van der Waals surface area contributed by atoms with Crippen LogP contribution in [0, 0.1) is 0 Å². The monoisotopic (exact) mass is 158 g/mol. The number of aliphatic hydroxyl groups excluding tert-OH is 1. The largest absolute Gasteiger partial charge is 0.392 e. The molecule has 0 aromatic rings. The summed E-state index contributed by atoms with van der Waals surface area (Å²) in [6, 6.07) is 0. The molecule has 1 atom stereocenters. The van der Waals surface area contributed by atoms with Crippen LogP contribution in [0.5, 0.6) is 0 Å². The van der Waals surface area contributed by atoms with E-state index in [-0.39, 0.29) is 6.61 Å². The molecular formula is C9H18O2. The van der Waals surface area contributed by atoms with Gasteiger partial charge in [-0.25, -0.2) is 0 Å². The second-order valence-corrected chi connectivity index (χ2v) is 2.70. The maximum atomic E-state index is 8.58. The minimum absolute atomic E-state index is 0.131. The maximum absolute atomic E-state index is 8.58. The third-order valence-corrected chi connectivity index (χ3v) is 1.78. The molecule has 0 saturated carbocycles. The van der Waals surface area contributed by atoms with Crippen molar-refractivity contribution in [1.82, 2.24) is 0 Å².